The van der Waals surface area contributed by atoms with Gasteiger partial charge in [0.05, 0.1) is 5.41 Å². The average molecular weight is 329 g/mol. The lowest BCUT2D eigenvalue weighted by molar-refractivity contribution is -0.149. The van der Waals surface area contributed by atoms with E-state index in [4.69, 9.17) is 0 Å². The number of nitrogens with zero attached hydrogens (tertiary/aromatic N) is 1. The Kier molecular flexibility index (Phi) is 3.70. The van der Waals surface area contributed by atoms with Crippen molar-refractivity contribution in [2.75, 3.05) is 0 Å². The van der Waals surface area contributed by atoms with Gasteiger partial charge >= 0.3 is 0 Å². The van der Waals surface area contributed by atoms with Crippen LogP contribution < -0.4 is 16.4 Å². The molecule has 2 amide bonds. The fourth-order valence-corrected chi connectivity index (χ4v) is 5.43. The Labute approximate surface area is 140 Å². The number of carbonyl (C=O) groups excluding carboxylic acids is 2. The Morgan fingerprint density at radius 2 is 1.67 bits per heavy atom. The number of hydrazine groups is 1. The van der Waals surface area contributed by atoms with Crippen molar-refractivity contribution >= 4 is 11.8 Å². The van der Waals surface area contributed by atoms with E-state index in [0.29, 0.717) is 17.8 Å². The summed E-state index contributed by atoms with van der Waals surface area (Å²) in [5.74, 6) is 1.61. The van der Waals surface area contributed by atoms with Crippen molar-refractivity contribution in [3.63, 3.8) is 0 Å². The highest BCUT2D eigenvalue weighted by molar-refractivity contribution is 5.86. The molecule has 5 rings (SSSR count). The molecule has 0 aromatic carbocycles. The highest BCUT2D eigenvalue weighted by Gasteiger charge is 2.54. The zero-order valence-electron chi connectivity index (χ0n) is 13.7. The fraction of sp³-hybridized carbons (Fsp3) is 0.611. The smallest absolute Gasteiger partial charge is 0.258 e. The molecule has 2 N–H and O–H groups in total. The molecule has 0 atom stereocenters. The first-order chi connectivity index (χ1) is 11.5. The van der Waals surface area contributed by atoms with Gasteiger partial charge in [-0.15, -0.1) is 0 Å². The molecule has 0 spiro atoms. The molecule has 1 aromatic heterocycles. The number of nitrogens with one attached hydrogen (secondary N) is 2. The Bertz CT molecular complexity index is 689. The lowest BCUT2D eigenvalue weighted by Gasteiger charge is -2.55. The summed E-state index contributed by atoms with van der Waals surface area (Å²) in [4.78, 5) is 36.4. The van der Waals surface area contributed by atoms with E-state index in [0.717, 1.165) is 19.3 Å². The summed E-state index contributed by atoms with van der Waals surface area (Å²) < 4.78 is 1.31. The van der Waals surface area contributed by atoms with Crippen LogP contribution in [0.2, 0.25) is 0 Å². The third-order valence-corrected chi connectivity index (χ3v) is 6.05. The van der Waals surface area contributed by atoms with Gasteiger partial charge in [-0.3, -0.25) is 25.2 Å². The van der Waals surface area contributed by atoms with Gasteiger partial charge in [-0.2, -0.15) is 0 Å². The minimum Gasteiger partial charge on any atom is -0.306 e. The highest BCUT2D eigenvalue weighted by Crippen LogP contribution is 2.59. The SMILES string of the molecule is O=C(Cn1ccccc1=O)NNC(=O)C12CC3CC(CC(C3)C1)C2. The zero-order valence-corrected chi connectivity index (χ0v) is 13.7. The maximum absolute atomic E-state index is 12.7. The third-order valence-electron chi connectivity index (χ3n) is 6.05. The first kappa shape index (κ1) is 15.4. The summed E-state index contributed by atoms with van der Waals surface area (Å²) in [5.41, 5.74) is 4.59. The monoisotopic (exact) mass is 329 g/mol. The van der Waals surface area contributed by atoms with Gasteiger partial charge in [0.2, 0.25) is 5.91 Å². The van der Waals surface area contributed by atoms with E-state index in [1.54, 1.807) is 18.3 Å². The topological polar surface area (TPSA) is 80.2 Å². The van der Waals surface area contributed by atoms with Crippen LogP contribution in [0.15, 0.2) is 29.2 Å². The minimum atomic E-state index is -0.388. The summed E-state index contributed by atoms with van der Waals surface area (Å²) in [6.07, 6.45) is 8.25. The molecule has 4 aliphatic rings. The molecule has 6 heteroatoms. The molecular formula is C18H23N3O3. The van der Waals surface area contributed by atoms with Gasteiger partial charge < -0.3 is 4.57 Å². The van der Waals surface area contributed by atoms with Gasteiger partial charge in [-0.05, 0) is 62.3 Å². The van der Waals surface area contributed by atoms with E-state index >= 15 is 0 Å². The Hall–Kier alpha value is -2.11. The molecule has 4 saturated carbocycles. The molecule has 0 unspecified atom stereocenters. The standard InChI is InChI=1S/C18H23N3O3/c22-15(11-21-4-2-1-3-16(21)23)19-20-17(24)18-8-12-5-13(9-18)7-14(6-12)10-18/h1-4,12-14H,5-11H2,(H,19,22)(H,20,24). The Morgan fingerprint density at radius 1 is 1.04 bits per heavy atom. The molecule has 24 heavy (non-hydrogen) atoms. The van der Waals surface area contributed by atoms with Crippen LogP contribution in [0.1, 0.15) is 38.5 Å². The van der Waals surface area contributed by atoms with Crippen molar-refractivity contribution in [1.29, 1.82) is 0 Å². The molecule has 4 bridgehead atoms. The van der Waals surface area contributed by atoms with Crippen molar-refractivity contribution < 1.29 is 9.59 Å². The number of carbonyl (C=O) groups is 2. The van der Waals surface area contributed by atoms with Crippen molar-refractivity contribution in [1.82, 2.24) is 15.4 Å². The minimum absolute atomic E-state index is 0.0460. The molecule has 4 aliphatic carbocycles. The molecule has 128 valence electrons. The number of hydrogen-bond donors (Lipinski definition) is 2. The van der Waals surface area contributed by atoms with Crippen LogP contribution >= 0.6 is 0 Å². The fourth-order valence-electron chi connectivity index (χ4n) is 5.43. The summed E-state index contributed by atoms with van der Waals surface area (Å²) in [6, 6.07) is 4.73. The second-order valence-corrected chi connectivity index (χ2v) is 7.87. The van der Waals surface area contributed by atoms with Crippen LogP contribution in [-0.2, 0) is 16.1 Å². The van der Waals surface area contributed by atoms with E-state index in [-0.39, 0.29) is 29.3 Å². The molecule has 1 heterocycles. The van der Waals surface area contributed by atoms with Crippen LogP contribution in [0.5, 0.6) is 0 Å². The van der Waals surface area contributed by atoms with E-state index in [9.17, 15) is 14.4 Å². The van der Waals surface area contributed by atoms with Crippen molar-refractivity contribution in [2.24, 2.45) is 23.2 Å². The largest absolute Gasteiger partial charge is 0.306 e. The Balaban J connectivity index is 1.36. The lowest BCUT2D eigenvalue weighted by Crippen LogP contribution is -2.57. The number of pyridine rings is 1. The Morgan fingerprint density at radius 3 is 2.25 bits per heavy atom. The number of rotatable bonds is 3. The van der Waals surface area contributed by atoms with Crippen molar-refractivity contribution in [3.05, 3.63) is 34.7 Å². The molecule has 0 saturated heterocycles. The van der Waals surface area contributed by atoms with Crippen LogP contribution in [0.25, 0.3) is 0 Å². The summed E-state index contributed by atoms with van der Waals surface area (Å²) in [7, 11) is 0. The van der Waals surface area contributed by atoms with E-state index < -0.39 is 0 Å². The van der Waals surface area contributed by atoms with Gasteiger partial charge in [-0.25, -0.2) is 0 Å². The second kappa shape index (κ2) is 5.76. The normalized spacial score (nSPS) is 33.2. The molecule has 1 aromatic rings. The molecule has 0 aliphatic heterocycles. The van der Waals surface area contributed by atoms with Gasteiger partial charge in [0, 0.05) is 12.3 Å². The second-order valence-electron chi connectivity index (χ2n) is 7.87. The van der Waals surface area contributed by atoms with Crippen LogP contribution in [-0.4, -0.2) is 16.4 Å². The highest BCUT2D eigenvalue weighted by atomic mass is 16.2. The van der Waals surface area contributed by atoms with Crippen LogP contribution in [0.3, 0.4) is 0 Å². The van der Waals surface area contributed by atoms with Gasteiger partial charge in [0.15, 0.2) is 0 Å². The number of amides is 2. The van der Waals surface area contributed by atoms with Gasteiger partial charge in [0.25, 0.3) is 11.5 Å². The molecular weight excluding hydrogens is 306 g/mol. The molecule has 4 fully saturated rings. The van der Waals surface area contributed by atoms with E-state index in [1.807, 2.05) is 0 Å². The van der Waals surface area contributed by atoms with Crippen molar-refractivity contribution in [2.45, 2.75) is 45.1 Å². The van der Waals surface area contributed by atoms with Gasteiger partial charge in [0.1, 0.15) is 6.54 Å². The van der Waals surface area contributed by atoms with Crippen LogP contribution in [0, 0.1) is 23.2 Å². The van der Waals surface area contributed by atoms with Crippen LogP contribution in [0.4, 0.5) is 0 Å². The average Bonchev–Trinajstić information content (AvgIpc) is 2.53. The number of hydrogen-bond acceptors (Lipinski definition) is 3. The lowest BCUT2D eigenvalue weighted by atomic mass is 9.49. The third kappa shape index (κ3) is 2.74. The summed E-state index contributed by atoms with van der Waals surface area (Å²) in [5, 5.41) is 0. The number of aromatic nitrogens is 1. The molecule has 6 nitrogen and oxygen atoms in total. The van der Waals surface area contributed by atoms with E-state index in [2.05, 4.69) is 10.9 Å². The predicted octanol–water partition coefficient (Wildman–Crippen LogP) is 1.21. The quantitative estimate of drug-likeness (QED) is 0.818. The van der Waals surface area contributed by atoms with E-state index in [1.165, 1.54) is 29.9 Å². The summed E-state index contributed by atoms with van der Waals surface area (Å²) >= 11 is 0. The summed E-state index contributed by atoms with van der Waals surface area (Å²) in [6.45, 7) is -0.0964. The first-order valence-corrected chi connectivity index (χ1v) is 8.79. The predicted molar refractivity (Wildman–Crippen MR) is 87.6 cm³/mol. The van der Waals surface area contributed by atoms with Gasteiger partial charge in [-0.1, -0.05) is 6.07 Å². The zero-order chi connectivity index (χ0) is 16.7. The van der Waals surface area contributed by atoms with Crippen molar-refractivity contribution in [3.8, 4) is 0 Å². The first-order valence-electron chi connectivity index (χ1n) is 8.79. The maximum Gasteiger partial charge on any atom is 0.258 e. The maximum atomic E-state index is 12.7. The molecule has 0 radical (unpaired) electrons.